The zero-order valence-corrected chi connectivity index (χ0v) is 18.3. The second-order valence-corrected chi connectivity index (χ2v) is 9.24. The van der Waals surface area contributed by atoms with Crippen LogP contribution in [0, 0.1) is 5.82 Å². The number of aromatic nitrogens is 3. The maximum Gasteiger partial charge on any atom is 0.274 e. The number of hydrogen-bond donors (Lipinski definition) is 1. The van der Waals surface area contributed by atoms with Crippen molar-refractivity contribution in [1.29, 1.82) is 0 Å². The Morgan fingerprint density at radius 3 is 2.65 bits per heavy atom. The number of benzene rings is 1. The van der Waals surface area contributed by atoms with Gasteiger partial charge in [-0.15, -0.1) is 22.7 Å². The van der Waals surface area contributed by atoms with Crippen LogP contribution in [0.15, 0.2) is 53.2 Å². The number of halogens is 1. The molecule has 0 atom stereocenters. The summed E-state index contributed by atoms with van der Waals surface area (Å²) in [6.07, 6.45) is 0. The fraction of sp³-hybridized carbons (Fsp3) is 0.227. The number of thiazole rings is 1. The molecule has 31 heavy (non-hydrogen) atoms. The number of piperazine rings is 1. The Morgan fingerprint density at radius 1 is 1.10 bits per heavy atom. The lowest BCUT2D eigenvalue weighted by atomic mass is 10.2. The van der Waals surface area contributed by atoms with Crippen molar-refractivity contribution in [1.82, 2.24) is 25.0 Å². The fourth-order valence-electron chi connectivity index (χ4n) is 3.59. The number of nitrogens with zero attached hydrogens (tertiary/aromatic N) is 4. The number of rotatable bonds is 5. The molecular weight excluding hydrogens is 433 g/mol. The van der Waals surface area contributed by atoms with Crippen molar-refractivity contribution in [2.24, 2.45) is 0 Å². The highest BCUT2D eigenvalue weighted by atomic mass is 32.1. The Balaban J connectivity index is 1.16. The molecule has 0 saturated carbocycles. The minimum absolute atomic E-state index is 0.0356. The topological polar surface area (TPSA) is 65.1 Å². The quantitative estimate of drug-likeness (QED) is 0.488. The number of nitrogens with one attached hydrogen (secondary N) is 1. The number of H-pyrrole nitrogens is 1. The van der Waals surface area contributed by atoms with Crippen LogP contribution in [0.3, 0.4) is 0 Å². The molecule has 1 N–H and O–H groups in total. The second-order valence-electron chi connectivity index (χ2n) is 7.35. The van der Waals surface area contributed by atoms with Crippen LogP contribution in [0.1, 0.15) is 15.5 Å². The van der Waals surface area contributed by atoms with Gasteiger partial charge in [-0.1, -0.05) is 6.07 Å². The van der Waals surface area contributed by atoms with Crippen LogP contribution in [-0.4, -0.2) is 57.1 Å². The average molecular weight is 454 g/mol. The van der Waals surface area contributed by atoms with E-state index in [1.54, 1.807) is 34.8 Å². The number of amides is 1. The van der Waals surface area contributed by atoms with E-state index in [1.165, 1.54) is 12.1 Å². The molecule has 1 aliphatic rings. The maximum atomic E-state index is 13.1. The standard InChI is InChI=1S/C22H20FN5OS2/c23-16-5-3-15(4-6-16)19-14-31-21(24-19)13-27-7-9-28(10-8-27)22(29)18-12-17(25-26-18)20-2-1-11-30-20/h1-6,11-12,14H,7-10,13H2,(H,25,26). The number of hydrogen-bond acceptors (Lipinski definition) is 6. The van der Waals surface area contributed by atoms with Crippen LogP contribution in [0.2, 0.25) is 0 Å². The zero-order chi connectivity index (χ0) is 21.2. The van der Waals surface area contributed by atoms with Crippen molar-refractivity contribution in [3.8, 4) is 21.8 Å². The molecule has 0 spiro atoms. The van der Waals surface area contributed by atoms with E-state index in [4.69, 9.17) is 4.98 Å². The van der Waals surface area contributed by atoms with Crippen molar-refractivity contribution in [2.45, 2.75) is 6.54 Å². The molecule has 1 amide bonds. The Hall–Kier alpha value is -2.88. The normalized spacial score (nSPS) is 14.8. The van der Waals surface area contributed by atoms with Gasteiger partial charge in [-0.3, -0.25) is 14.8 Å². The van der Waals surface area contributed by atoms with Gasteiger partial charge < -0.3 is 4.90 Å². The Bertz CT molecular complexity index is 1160. The molecule has 1 aliphatic heterocycles. The van der Waals surface area contributed by atoms with Gasteiger partial charge in [0.15, 0.2) is 5.69 Å². The lowest BCUT2D eigenvalue weighted by Crippen LogP contribution is -2.48. The molecule has 0 radical (unpaired) electrons. The molecule has 1 aromatic carbocycles. The van der Waals surface area contributed by atoms with Gasteiger partial charge in [-0.25, -0.2) is 9.37 Å². The Labute approximate surface area is 187 Å². The summed E-state index contributed by atoms with van der Waals surface area (Å²) < 4.78 is 13.1. The molecular formula is C22H20FN5OS2. The van der Waals surface area contributed by atoms with Gasteiger partial charge >= 0.3 is 0 Å². The monoisotopic (exact) mass is 453 g/mol. The van der Waals surface area contributed by atoms with E-state index < -0.39 is 0 Å². The van der Waals surface area contributed by atoms with Crippen molar-refractivity contribution in [3.63, 3.8) is 0 Å². The third-order valence-corrected chi connectivity index (χ3v) is 7.03. The van der Waals surface area contributed by atoms with E-state index in [0.29, 0.717) is 18.8 Å². The van der Waals surface area contributed by atoms with Crippen molar-refractivity contribution >= 4 is 28.6 Å². The zero-order valence-electron chi connectivity index (χ0n) is 16.6. The fourth-order valence-corrected chi connectivity index (χ4v) is 5.13. The molecule has 0 unspecified atom stereocenters. The van der Waals surface area contributed by atoms with Crippen LogP contribution < -0.4 is 0 Å². The molecule has 0 bridgehead atoms. The molecule has 4 aromatic rings. The Kier molecular flexibility index (Phi) is 5.63. The van der Waals surface area contributed by atoms with E-state index in [9.17, 15) is 9.18 Å². The van der Waals surface area contributed by atoms with E-state index in [2.05, 4.69) is 15.1 Å². The van der Waals surface area contributed by atoms with Gasteiger partial charge in [0.05, 0.1) is 22.8 Å². The summed E-state index contributed by atoms with van der Waals surface area (Å²) in [5, 5.41) is 12.2. The Morgan fingerprint density at radius 2 is 1.90 bits per heavy atom. The van der Waals surface area contributed by atoms with Crippen LogP contribution in [0.25, 0.3) is 21.8 Å². The summed E-state index contributed by atoms with van der Waals surface area (Å²) in [6, 6.07) is 12.2. The third kappa shape index (κ3) is 4.43. The highest BCUT2D eigenvalue weighted by Gasteiger charge is 2.24. The summed E-state index contributed by atoms with van der Waals surface area (Å²) in [7, 11) is 0. The summed E-state index contributed by atoms with van der Waals surface area (Å²) in [4.78, 5) is 22.7. The third-order valence-electron chi connectivity index (χ3n) is 5.29. The van der Waals surface area contributed by atoms with Gasteiger partial charge in [0.2, 0.25) is 0 Å². The SMILES string of the molecule is O=C(c1cc(-c2cccs2)[nH]n1)N1CCN(Cc2nc(-c3ccc(F)cc3)cs2)CC1. The first kappa shape index (κ1) is 20.0. The van der Waals surface area contributed by atoms with E-state index in [1.807, 2.05) is 33.9 Å². The van der Waals surface area contributed by atoms with Crippen molar-refractivity contribution in [2.75, 3.05) is 26.2 Å². The van der Waals surface area contributed by atoms with Gasteiger partial charge in [0, 0.05) is 37.1 Å². The molecule has 3 aromatic heterocycles. The second kappa shape index (κ2) is 8.70. The maximum absolute atomic E-state index is 13.1. The number of carbonyl (C=O) groups excluding carboxylic acids is 1. The van der Waals surface area contributed by atoms with Crippen LogP contribution in [0.4, 0.5) is 4.39 Å². The van der Waals surface area contributed by atoms with E-state index in [0.717, 1.165) is 46.5 Å². The summed E-state index contributed by atoms with van der Waals surface area (Å²) in [5.74, 6) is -0.282. The molecule has 1 fully saturated rings. The summed E-state index contributed by atoms with van der Waals surface area (Å²) in [5.41, 5.74) is 3.12. The number of carbonyl (C=O) groups is 1. The number of thiophene rings is 1. The lowest BCUT2D eigenvalue weighted by molar-refractivity contribution is 0.0622. The minimum atomic E-state index is -0.246. The van der Waals surface area contributed by atoms with Crippen LogP contribution in [-0.2, 0) is 6.54 Å². The first-order chi connectivity index (χ1) is 15.2. The summed E-state index contributed by atoms with van der Waals surface area (Å²) in [6.45, 7) is 3.66. The van der Waals surface area contributed by atoms with Crippen LogP contribution >= 0.6 is 22.7 Å². The molecule has 6 nitrogen and oxygen atoms in total. The molecule has 9 heteroatoms. The highest BCUT2D eigenvalue weighted by Crippen LogP contribution is 2.25. The smallest absolute Gasteiger partial charge is 0.274 e. The predicted octanol–water partition coefficient (Wildman–Crippen LogP) is 4.36. The molecule has 5 rings (SSSR count). The van der Waals surface area contributed by atoms with E-state index in [-0.39, 0.29) is 11.7 Å². The van der Waals surface area contributed by atoms with Gasteiger partial charge in [-0.05, 0) is 41.8 Å². The van der Waals surface area contributed by atoms with Gasteiger partial charge in [0.1, 0.15) is 10.8 Å². The molecule has 1 saturated heterocycles. The van der Waals surface area contributed by atoms with Crippen LogP contribution in [0.5, 0.6) is 0 Å². The largest absolute Gasteiger partial charge is 0.335 e. The molecule has 4 heterocycles. The predicted molar refractivity (Wildman–Crippen MR) is 121 cm³/mol. The summed E-state index contributed by atoms with van der Waals surface area (Å²) >= 11 is 3.22. The first-order valence-electron chi connectivity index (χ1n) is 9.97. The molecule has 0 aliphatic carbocycles. The molecule has 158 valence electrons. The average Bonchev–Trinajstić information content (AvgIpc) is 3.55. The van der Waals surface area contributed by atoms with Crippen molar-refractivity contribution in [3.05, 3.63) is 69.7 Å². The minimum Gasteiger partial charge on any atom is -0.335 e. The first-order valence-corrected chi connectivity index (χ1v) is 11.7. The van der Waals surface area contributed by atoms with E-state index >= 15 is 0 Å². The number of aromatic amines is 1. The van der Waals surface area contributed by atoms with Gasteiger partial charge in [0.25, 0.3) is 5.91 Å². The van der Waals surface area contributed by atoms with Gasteiger partial charge in [-0.2, -0.15) is 5.10 Å². The van der Waals surface area contributed by atoms with Crippen molar-refractivity contribution < 1.29 is 9.18 Å². The highest BCUT2D eigenvalue weighted by molar-refractivity contribution is 7.13. The lowest BCUT2D eigenvalue weighted by Gasteiger charge is -2.33.